The van der Waals surface area contributed by atoms with Gasteiger partial charge >= 0.3 is 5.97 Å². The number of hydrogen-bond donors (Lipinski definition) is 0. The molecule has 0 aliphatic carbocycles. The van der Waals surface area contributed by atoms with Crippen molar-refractivity contribution in [1.82, 2.24) is 9.55 Å². The van der Waals surface area contributed by atoms with Crippen molar-refractivity contribution in [1.29, 1.82) is 0 Å². The van der Waals surface area contributed by atoms with Crippen LogP contribution in [0.2, 0.25) is 0 Å². The fourth-order valence-corrected chi connectivity index (χ4v) is 2.34. The topological polar surface area (TPSA) is 44.1 Å². The number of esters is 1. The van der Waals surface area contributed by atoms with Crippen LogP contribution in [0.25, 0.3) is 11.0 Å². The van der Waals surface area contributed by atoms with E-state index in [4.69, 9.17) is 4.74 Å². The lowest BCUT2D eigenvalue weighted by atomic mass is 10.1. The van der Waals surface area contributed by atoms with Gasteiger partial charge in [-0.1, -0.05) is 29.8 Å². The predicted molar refractivity (Wildman–Crippen MR) is 81.2 cm³/mol. The average Bonchev–Trinajstić information content (AvgIpc) is 2.80. The van der Waals surface area contributed by atoms with Crippen LogP contribution in [0.4, 0.5) is 0 Å². The summed E-state index contributed by atoms with van der Waals surface area (Å²) in [5.74, 6) is 0.259. The summed E-state index contributed by atoms with van der Waals surface area (Å²) in [5, 5.41) is 0. The lowest BCUT2D eigenvalue weighted by Crippen LogP contribution is -2.11. The zero-order valence-corrected chi connectivity index (χ0v) is 12.0. The number of benzene rings is 2. The zero-order chi connectivity index (χ0) is 14.8. The summed E-state index contributed by atoms with van der Waals surface area (Å²) in [5.41, 5.74) is 3.92. The van der Waals surface area contributed by atoms with E-state index >= 15 is 0 Å². The lowest BCUT2D eigenvalue weighted by molar-refractivity contribution is -0.133. The van der Waals surface area contributed by atoms with Crippen molar-refractivity contribution in [2.45, 2.75) is 13.3 Å². The Bertz CT molecular complexity index is 805. The molecule has 0 atom stereocenters. The normalized spacial score (nSPS) is 10.8. The van der Waals surface area contributed by atoms with Gasteiger partial charge in [0.15, 0.2) is 0 Å². The first kappa shape index (κ1) is 13.4. The van der Waals surface area contributed by atoms with Crippen molar-refractivity contribution in [2.75, 3.05) is 0 Å². The van der Waals surface area contributed by atoms with Gasteiger partial charge in [0.05, 0.1) is 23.8 Å². The molecular weight excluding hydrogens is 264 g/mol. The Morgan fingerprint density at radius 2 is 2.10 bits per heavy atom. The molecule has 0 bridgehead atoms. The van der Waals surface area contributed by atoms with Crippen molar-refractivity contribution in [3.63, 3.8) is 0 Å². The van der Waals surface area contributed by atoms with Crippen LogP contribution in [-0.2, 0) is 18.3 Å². The Morgan fingerprint density at radius 1 is 1.24 bits per heavy atom. The number of carbonyl (C=O) groups excluding carboxylic acids is 1. The summed E-state index contributed by atoms with van der Waals surface area (Å²) in [6, 6.07) is 13.3. The molecule has 4 nitrogen and oxygen atoms in total. The number of nitrogens with zero attached hydrogens (tertiary/aromatic N) is 2. The second kappa shape index (κ2) is 5.40. The molecule has 0 fully saturated rings. The molecule has 21 heavy (non-hydrogen) atoms. The van der Waals surface area contributed by atoms with Crippen LogP contribution in [0.1, 0.15) is 11.1 Å². The van der Waals surface area contributed by atoms with Crippen LogP contribution in [0.5, 0.6) is 5.75 Å². The van der Waals surface area contributed by atoms with Gasteiger partial charge in [0.2, 0.25) is 0 Å². The third kappa shape index (κ3) is 2.94. The zero-order valence-electron chi connectivity index (χ0n) is 12.0. The second-order valence-corrected chi connectivity index (χ2v) is 5.15. The third-order valence-corrected chi connectivity index (χ3v) is 3.36. The summed E-state index contributed by atoms with van der Waals surface area (Å²) in [7, 11) is 1.93. The maximum atomic E-state index is 12.0. The molecule has 0 aliphatic rings. The van der Waals surface area contributed by atoms with Gasteiger partial charge in [-0.3, -0.25) is 4.79 Å². The number of ether oxygens (including phenoxy) is 1. The minimum absolute atomic E-state index is 0.266. The Balaban J connectivity index is 1.73. The molecule has 0 unspecified atom stereocenters. The molecule has 106 valence electrons. The quantitative estimate of drug-likeness (QED) is 0.547. The molecule has 0 spiro atoms. The molecule has 4 heteroatoms. The summed E-state index contributed by atoms with van der Waals surface area (Å²) >= 11 is 0. The average molecular weight is 280 g/mol. The number of aryl methyl sites for hydroxylation is 2. The highest BCUT2D eigenvalue weighted by atomic mass is 16.5. The molecule has 0 saturated carbocycles. The maximum Gasteiger partial charge on any atom is 0.315 e. The molecular formula is C17H16N2O2. The highest BCUT2D eigenvalue weighted by Gasteiger charge is 2.08. The van der Waals surface area contributed by atoms with Crippen LogP contribution in [0, 0.1) is 6.92 Å². The van der Waals surface area contributed by atoms with E-state index in [1.807, 2.05) is 48.9 Å². The van der Waals surface area contributed by atoms with Crippen LogP contribution in [0.15, 0.2) is 48.8 Å². The second-order valence-electron chi connectivity index (χ2n) is 5.15. The van der Waals surface area contributed by atoms with E-state index in [-0.39, 0.29) is 12.4 Å². The van der Waals surface area contributed by atoms with Crippen LogP contribution in [-0.4, -0.2) is 15.5 Å². The number of imidazole rings is 1. The van der Waals surface area contributed by atoms with Crippen LogP contribution in [0.3, 0.4) is 0 Å². The van der Waals surface area contributed by atoms with Crippen molar-refractivity contribution < 1.29 is 9.53 Å². The van der Waals surface area contributed by atoms with Gasteiger partial charge in [-0.05, 0) is 24.6 Å². The smallest absolute Gasteiger partial charge is 0.315 e. The SMILES string of the molecule is Cc1cccc(CC(=O)Oc2ccc3c(c2)ncn3C)c1. The minimum Gasteiger partial charge on any atom is -0.426 e. The van der Waals surface area contributed by atoms with Gasteiger partial charge in [0, 0.05) is 13.1 Å². The van der Waals surface area contributed by atoms with Crippen LogP contribution >= 0.6 is 0 Å². The van der Waals surface area contributed by atoms with E-state index in [1.54, 1.807) is 18.5 Å². The van der Waals surface area contributed by atoms with E-state index in [0.717, 1.165) is 22.2 Å². The molecule has 0 amide bonds. The van der Waals surface area contributed by atoms with E-state index in [1.165, 1.54) is 0 Å². The summed E-state index contributed by atoms with van der Waals surface area (Å²) in [4.78, 5) is 16.2. The molecule has 0 N–H and O–H groups in total. The first-order valence-electron chi connectivity index (χ1n) is 6.79. The van der Waals surface area contributed by atoms with E-state index in [2.05, 4.69) is 4.98 Å². The highest BCUT2D eigenvalue weighted by molar-refractivity contribution is 5.80. The molecule has 0 aliphatic heterocycles. The fraction of sp³-hybridized carbons (Fsp3) is 0.176. The molecule has 3 aromatic rings. The number of carbonyl (C=O) groups is 1. The van der Waals surface area contributed by atoms with Crippen molar-refractivity contribution in [3.05, 3.63) is 59.9 Å². The fourth-order valence-electron chi connectivity index (χ4n) is 2.34. The van der Waals surface area contributed by atoms with E-state index in [9.17, 15) is 4.79 Å². The van der Waals surface area contributed by atoms with E-state index < -0.39 is 0 Å². The largest absolute Gasteiger partial charge is 0.426 e. The summed E-state index contributed by atoms with van der Waals surface area (Å²) in [6.07, 6.45) is 2.00. The minimum atomic E-state index is -0.268. The van der Waals surface area contributed by atoms with E-state index in [0.29, 0.717) is 5.75 Å². The molecule has 1 heterocycles. The maximum absolute atomic E-state index is 12.0. The Hall–Kier alpha value is -2.62. The first-order chi connectivity index (χ1) is 10.1. The summed E-state index contributed by atoms with van der Waals surface area (Å²) < 4.78 is 7.31. The standard InChI is InChI=1S/C17H16N2O2/c1-12-4-3-5-13(8-12)9-17(20)21-14-6-7-16-15(10-14)18-11-19(16)2/h3-8,10-11H,9H2,1-2H3. The number of hydrogen-bond acceptors (Lipinski definition) is 3. The highest BCUT2D eigenvalue weighted by Crippen LogP contribution is 2.19. The molecule has 0 radical (unpaired) electrons. The molecule has 0 saturated heterocycles. The first-order valence-corrected chi connectivity index (χ1v) is 6.79. The summed E-state index contributed by atoms with van der Waals surface area (Å²) in [6.45, 7) is 2.00. The predicted octanol–water partition coefficient (Wildman–Crippen LogP) is 3.03. The number of fused-ring (bicyclic) bond motifs is 1. The van der Waals surface area contributed by atoms with Crippen molar-refractivity contribution >= 4 is 17.0 Å². The van der Waals surface area contributed by atoms with Gasteiger partial charge in [0.25, 0.3) is 0 Å². The third-order valence-electron chi connectivity index (χ3n) is 3.36. The molecule has 1 aromatic heterocycles. The molecule has 3 rings (SSSR count). The van der Waals surface area contributed by atoms with Gasteiger partial charge < -0.3 is 9.30 Å². The Morgan fingerprint density at radius 3 is 2.90 bits per heavy atom. The van der Waals surface area contributed by atoms with Gasteiger partial charge in [-0.25, -0.2) is 4.98 Å². The Kier molecular flexibility index (Phi) is 3.44. The van der Waals surface area contributed by atoms with Crippen molar-refractivity contribution in [3.8, 4) is 5.75 Å². The monoisotopic (exact) mass is 280 g/mol. The van der Waals surface area contributed by atoms with Crippen molar-refractivity contribution in [2.24, 2.45) is 7.05 Å². The van der Waals surface area contributed by atoms with Gasteiger partial charge in [0.1, 0.15) is 5.75 Å². The molecule has 2 aromatic carbocycles. The van der Waals surface area contributed by atoms with Gasteiger partial charge in [-0.2, -0.15) is 0 Å². The lowest BCUT2D eigenvalue weighted by Gasteiger charge is -2.05. The van der Waals surface area contributed by atoms with Crippen LogP contribution < -0.4 is 4.74 Å². The number of aromatic nitrogens is 2. The van der Waals surface area contributed by atoms with Gasteiger partial charge in [-0.15, -0.1) is 0 Å². The number of rotatable bonds is 3. The Labute approximate surface area is 123 Å².